The number of hydrogen-bond donors (Lipinski definition) is 0. The molecule has 8 heavy (non-hydrogen) atoms. The summed E-state index contributed by atoms with van der Waals surface area (Å²) in [5, 5.41) is 0. The monoisotopic (exact) mass is 150 g/mol. The van der Waals surface area contributed by atoms with Crippen LogP contribution in [0.25, 0.3) is 0 Å². The van der Waals surface area contributed by atoms with E-state index in [0.717, 1.165) is 19.6 Å². The van der Waals surface area contributed by atoms with Crippen LogP contribution in [0.15, 0.2) is 0 Å². The van der Waals surface area contributed by atoms with Gasteiger partial charge in [-0.2, -0.15) is 0 Å². The molecule has 0 saturated carbocycles. The molecule has 0 aromatic carbocycles. The van der Waals surface area contributed by atoms with E-state index in [9.17, 15) is 0 Å². The van der Waals surface area contributed by atoms with E-state index in [1.807, 2.05) is 0 Å². The van der Waals surface area contributed by atoms with E-state index < -0.39 is 0 Å². The van der Waals surface area contributed by atoms with Gasteiger partial charge >= 0.3 is 18.6 Å². The Balaban J connectivity index is 0. The van der Waals surface area contributed by atoms with E-state index in [-0.39, 0.29) is 18.6 Å². The van der Waals surface area contributed by atoms with Crippen molar-refractivity contribution in [1.82, 2.24) is 4.90 Å². The summed E-state index contributed by atoms with van der Waals surface area (Å²) in [4.78, 5) is 2.15. The maximum Gasteiger partial charge on any atom is 2.00 e. The molecule has 2 heteroatoms. The van der Waals surface area contributed by atoms with Gasteiger partial charge in [0, 0.05) is 0 Å². The van der Waals surface area contributed by atoms with Gasteiger partial charge in [-0.1, -0.05) is 6.92 Å². The summed E-state index contributed by atoms with van der Waals surface area (Å²) >= 11 is 0. The van der Waals surface area contributed by atoms with E-state index in [0.29, 0.717) is 0 Å². The van der Waals surface area contributed by atoms with Gasteiger partial charge in [0.25, 0.3) is 0 Å². The fraction of sp³-hybridized carbons (Fsp3) is 0.667. The smallest absolute Gasteiger partial charge is 0.363 e. The molecule has 0 aliphatic rings. The molecule has 0 N–H and O–H groups in total. The number of hydrogen-bond acceptors (Lipinski definition) is 1. The predicted octanol–water partition coefficient (Wildman–Crippen LogP) is 0.974. The van der Waals surface area contributed by atoms with Gasteiger partial charge in [-0.25, -0.2) is 0 Å². The predicted molar refractivity (Wildman–Crippen MR) is 32.8 cm³/mol. The van der Waals surface area contributed by atoms with Gasteiger partial charge in [-0.05, 0) is 6.54 Å². The molecule has 0 saturated heterocycles. The Kier molecular flexibility index (Phi) is 10.7. The Hall–Kier alpha value is 0.544. The molecular weight excluding hydrogens is 137 g/mol. The summed E-state index contributed by atoms with van der Waals surface area (Å²) in [5.74, 6) is 0. The molecule has 0 rings (SSSR count). The largest absolute Gasteiger partial charge is 2.00 e. The second-order valence-electron chi connectivity index (χ2n) is 1.43. The van der Waals surface area contributed by atoms with Crippen molar-refractivity contribution in [1.29, 1.82) is 0 Å². The van der Waals surface area contributed by atoms with Crippen molar-refractivity contribution < 1.29 is 18.6 Å². The first-order valence-corrected chi connectivity index (χ1v) is 2.66. The molecule has 0 aliphatic carbocycles. The Bertz CT molecular complexity index is 30.0. The molecular formula is C6H13NV. The van der Waals surface area contributed by atoms with Crippen molar-refractivity contribution in [3.05, 3.63) is 13.8 Å². The molecule has 0 aromatic rings. The molecule has 0 spiro atoms. The van der Waals surface area contributed by atoms with E-state index in [1.165, 1.54) is 0 Å². The van der Waals surface area contributed by atoms with Gasteiger partial charge in [0.2, 0.25) is 0 Å². The maximum atomic E-state index is 3.71. The van der Waals surface area contributed by atoms with Crippen LogP contribution in [0.3, 0.4) is 0 Å². The molecule has 0 unspecified atom stereocenters. The molecule has 1 radical (unpaired) electrons. The summed E-state index contributed by atoms with van der Waals surface area (Å²) in [7, 11) is 0. The van der Waals surface area contributed by atoms with Crippen LogP contribution in [-0.4, -0.2) is 24.5 Å². The van der Waals surface area contributed by atoms with Crippen LogP contribution in [0.1, 0.15) is 6.92 Å². The van der Waals surface area contributed by atoms with Gasteiger partial charge in [0.1, 0.15) is 0 Å². The van der Waals surface area contributed by atoms with Crippen LogP contribution in [0.2, 0.25) is 0 Å². The molecule has 0 amide bonds. The average molecular weight is 150 g/mol. The summed E-state index contributed by atoms with van der Waals surface area (Å²) in [6.07, 6.45) is 0. The van der Waals surface area contributed by atoms with Crippen molar-refractivity contribution in [3.63, 3.8) is 0 Å². The molecule has 0 fully saturated rings. The zero-order valence-electron chi connectivity index (χ0n) is 5.43. The van der Waals surface area contributed by atoms with Crippen molar-refractivity contribution in [2.24, 2.45) is 0 Å². The van der Waals surface area contributed by atoms with Crippen molar-refractivity contribution in [2.75, 3.05) is 19.6 Å². The molecule has 0 aromatic heterocycles. The first-order valence-electron chi connectivity index (χ1n) is 2.66. The van der Waals surface area contributed by atoms with Gasteiger partial charge < -0.3 is 18.7 Å². The summed E-state index contributed by atoms with van der Waals surface area (Å²) < 4.78 is 0. The zero-order chi connectivity index (χ0) is 5.70. The fourth-order valence-electron chi connectivity index (χ4n) is 0.428. The fourth-order valence-corrected chi connectivity index (χ4v) is 0.428. The quantitative estimate of drug-likeness (QED) is 0.542. The number of nitrogens with zero attached hydrogens (tertiary/aromatic N) is 1. The molecule has 0 heterocycles. The van der Waals surface area contributed by atoms with Crippen LogP contribution >= 0.6 is 0 Å². The Morgan fingerprint density at radius 1 is 1.25 bits per heavy atom. The molecule has 1 nitrogen and oxygen atoms in total. The van der Waals surface area contributed by atoms with Crippen LogP contribution in [0.4, 0.5) is 0 Å². The topological polar surface area (TPSA) is 3.24 Å². The third kappa shape index (κ3) is 4.70. The minimum Gasteiger partial charge on any atom is -0.363 e. The second-order valence-corrected chi connectivity index (χ2v) is 1.43. The Morgan fingerprint density at radius 2 is 1.62 bits per heavy atom. The van der Waals surface area contributed by atoms with E-state index in [2.05, 4.69) is 25.7 Å². The Morgan fingerprint density at radius 3 is 1.62 bits per heavy atom. The van der Waals surface area contributed by atoms with Gasteiger partial charge in [-0.3, -0.25) is 0 Å². The maximum absolute atomic E-state index is 3.71. The van der Waals surface area contributed by atoms with Crippen molar-refractivity contribution >= 4 is 0 Å². The average Bonchev–Trinajstić information content (AvgIpc) is 1.72. The summed E-state index contributed by atoms with van der Waals surface area (Å²) in [5.41, 5.74) is 0. The molecule has 0 bridgehead atoms. The van der Waals surface area contributed by atoms with Crippen molar-refractivity contribution in [2.45, 2.75) is 6.92 Å². The van der Waals surface area contributed by atoms with Gasteiger partial charge in [0.05, 0.1) is 0 Å². The normalized spacial score (nSPS) is 9.00. The summed E-state index contributed by atoms with van der Waals surface area (Å²) in [6.45, 7) is 12.3. The first-order chi connectivity index (χ1) is 3.35. The van der Waals surface area contributed by atoms with Crippen LogP contribution in [0.5, 0.6) is 0 Å². The minimum absolute atomic E-state index is 0. The van der Waals surface area contributed by atoms with E-state index in [1.54, 1.807) is 0 Å². The number of rotatable bonds is 3. The third-order valence-electron chi connectivity index (χ3n) is 1.08. The van der Waals surface area contributed by atoms with Gasteiger partial charge in [0.15, 0.2) is 0 Å². The van der Waals surface area contributed by atoms with Crippen molar-refractivity contribution in [3.8, 4) is 0 Å². The van der Waals surface area contributed by atoms with E-state index >= 15 is 0 Å². The molecule has 0 atom stereocenters. The zero-order valence-corrected chi connectivity index (χ0v) is 6.83. The van der Waals surface area contributed by atoms with E-state index in [4.69, 9.17) is 0 Å². The first kappa shape index (κ1) is 11.4. The molecule has 47 valence electrons. The van der Waals surface area contributed by atoms with Crippen LogP contribution in [0, 0.1) is 13.8 Å². The standard InChI is InChI=1S/C6H13N.V/c1-4-7(5-2)6-3;/h1-2,4-6H2,3H3;/q-2;+2. The minimum atomic E-state index is 0. The van der Waals surface area contributed by atoms with Gasteiger partial charge in [-0.15, -0.1) is 13.1 Å². The van der Waals surface area contributed by atoms with Crippen LogP contribution < -0.4 is 0 Å². The SMILES string of the molecule is [CH2-]CN(C[CH2-])CC.[V+2]. The van der Waals surface area contributed by atoms with Crippen LogP contribution in [-0.2, 0) is 18.6 Å². The third-order valence-corrected chi connectivity index (χ3v) is 1.08. The molecule has 0 aliphatic heterocycles. The summed E-state index contributed by atoms with van der Waals surface area (Å²) in [6, 6.07) is 0. The second kappa shape index (κ2) is 7.54. The Labute approximate surface area is 64.3 Å².